The lowest BCUT2D eigenvalue weighted by molar-refractivity contribution is -0.117. The van der Waals surface area contributed by atoms with Crippen molar-refractivity contribution in [3.63, 3.8) is 0 Å². The Labute approximate surface area is 172 Å². The fraction of sp³-hybridized carbons (Fsp3) is 0.300. The molecule has 29 heavy (non-hydrogen) atoms. The second-order valence-corrected chi connectivity index (χ2v) is 6.67. The predicted molar refractivity (Wildman–Crippen MR) is 109 cm³/mol. The Hall–Kier alpha value is -3.09. The van der Waals surface area contributed by atoms with E-state index < -0.39 is 17.6 Å². The number of hydrogen-bond donors (Lipinski definition) is 1. The fourth-order valence-electron chi connectivity index (χ4n) is 2.40. The summed E-state index contributed by atoms with van der Waals surface area (Å²) in [6.07, 6.45) is 1.97. The van der Waals surface area contributed by atoms with E-state index in [0.717, 1.165) is 16.2 Å². The number of nitrogens with one attached hydrogen (secondary N) is 1. The van der Waals surface area contributed by atoms with Crippen molar-refractivity contribution in [2.75, 3.05) is 24.7 Å². The Morgan fingerprint density at radius 1 is 1.41 bits per heavy atom. The highest BCUT2D eigenvalue weighted by atomic mass is 32.1. The number of para-hydroxylation sites is 1. The Morgan fingerprint density at radius 3 is 2.83 bits per heavy atom. The molecule has 0 saturated carbocycles. The molecule has 0 fully saturated rings. The minimum Gasteiger partial charge on any atom is -0.382 e. The minimum atomic E-state index is -0.556. The summed E-state index contributed by atoms with van der Waals surface area (Å²) in [6.45, 7) is 4.70. The summed E-state index contributed by atoms with van der Waals surface area (Å²) in [4.78, 5) is 29.6. The van der Waals surface area contributed by atoms with Crippen LogP contribution in [0.5, 0.6) is 0 Å². The van der Waals surface area contributed by atoms with Gasteiger partial charge < -0.3 is 10.1 Å². The molecule has 0 aliphatic carbocycles. The number of ether oxygens (including phenoxy) is 1. The van der Waals surface area contributed by atoms with Crippen LogP contribution in [0.25, 0.3) is 6.08 Å². The molecule has 1 aromatic heterocycles. The molecule has 0 saturated heterocycles. The molecule has 0 unspecified atom stereocenters. The van der Waals surface area contributed by atoms with Gasteiger partial charge in [-0.3, -0.25) is 14.5 Å². The number of amides is 2. The van der Waals surface area contributed by atoms with Crippen LogP contribution < -0.4 is 10.2 Å². The Kier molecular flexibility index (Phi) is 8.45. The van der Waals surface area contributed by atoms with Gasteiger partial charge in [0.1, 0.15) is 17.5 Å². The third kappa shape index (κ3) is 6.20. The molecule has 0 spiro atoms. The van der Waals surface area contributed by atoms with E-state index in [9.17, 15) is 19.2 Å². The number of aromatic nitrogens is 1. The maximum absolute atomic E-state index is 14.1. The lowest BCUT2D eigenvalue weighted by Gasteiger charge is -2.18. The van der Waals surface area contributed by atoms with Crippen LogP contribution in [0.3, 0.4) is 0 Å². The summed E-state index contributed by atoms with van der Waals surface area (Å²) in [7, 11) is 0. The zero-order valence-corrected chi connectivity index (χ0v) is 17.0. The van der Waals surface area contributed by atoms with Gasteiger partial charge in [0.25, 0.3) is 5.91 Å². The molecule has 0 aliphatic rings. The number of benzene rings is 1. The first-order valence-electron chi connectivity index (χ1n) is 8.96. The molecule has 2 rings (SSSR count). The quantitative estimate of drug-likeness (QED) is 0.384. The van der Waals surface area contributed by atoms with Crippen molar-refractivity contribution >= 4 is 40.0 Å². The molecular formula is C20H21FN4O3S. The van der Waals surface area contributed by atoms with Gasteiger partial charge in [0.2, 0.25) is 5.91 Å². The molecule has 1 aromatic carbocycles. The van der Waals surface area contributed by atoms with Gasteiger partial charge in [0.15, 0.2) is 5.13 Å². The molecule has 2 aromatic rings. The number of rotatable bonds is 9. The van der Waals surface area contributed by atoms with Gasteiger partial charge in [-0.05, 0) is 31.6 Å². The van der Waals surface area contributed by atoms with Gasteiger partial charge in [-0.15, -0.1) is 11.3 Å². The molecule has 0 radical (unpaired) electrons. The van der Waals surface area contributed by atoms with Crippen LogP contribution in [0.15, 0.2) is 35.2 Å². The smallest absolute Gasteiger partial charge is 0.262 e. The van der Waals surface area contributed by atoms with E-state index in [-0.39, 0.29) is 16.4 Å². The zero-order valence-electron chi connectivity index (χ0n) is 16.1. The molecular weight excluding hydrogens is 395 g/mol. The number of thiazole rings is 1. The van der Waals surface area contributed by atoms with E-state index in [4.69, 9.17) is 4.74 Å². The maximum atomic E-state index is 14.1. The number of nitriles is 1. The van der Waals surface area contributed by atoms with Crippen molar-refractivity contribution in [2.24, 2.45) is 0 Å². The SMILES string of the molecule is CCOCCCNC(=O)/C(C#N)=C/c1csc(N(C(C)=O)c2ccccc2F)n1. The van der Waals surface area contributed by atoms with Gasteiger partial charge >= 0.3 is 0 Å². The van der Waals surface area contributed by atoms with E-state index >= 15 is 0 Å². The molecule has 1 heterocycles. The average molecular weight is 416 g/mol. The lowest BCUT2D eigenvalue weighted by Crippen LogP contribution is -2.26. The normalized spacial score (nSPS) is 11.0. The molecule has 2 amide bonds. The van der Waals surface area contributed by atoms with E-state index in [2.05, 4.69) is 10.3 Å². The van der Waals surface area contributed by atoms with Crippen LogP contribution in [0.1, 0.15) is 26.0 Å². The van der Waals surface area contributed by atoms with Crippen LogP contribution in [0.4, 0.5) is 15.2 Å². The second-order valence-electron chi connectivity index (χ2n) is 5.84. The largest absolute Gasteiger partial charge is 0.382 e. The first kappa shape index (κ1) is 22.2. The molecule has 7 nitrogen and oxygen atoms in total. The Bertz CT molecular complexity index is 936. The van der Waals surface area contributed by atoms with E-state index in [1.807, 2.05) is 13.0 Å². The van der Waals surface area contributed by atoms with Crippen molar-refractivity contribution in [2.45, 2.75) is 20.3 Å². The third-order valence-electron chi connectivity index (χ3n) is 3.72. The molecule has 1 N–H and O–H groups in total. The van der Waals surface area contributed by atoms with Crippen molar-refractivity contribution in [1.82, 2.24) is 10.3 Å². The van der Waals surface area contributed by atoms with Crippen LogP contribution in [0, 0.1) is 17.1 Å². The van der Waals surface area contributed by atoms with Gasteiger partial charge in [-0.2, -0.15) is 5.26 Å². The molecule has 0 bridgehead atoms. The van der Waals surface area contributed by atoms with Crippen LogP contribution in [-0.2, 0) is 14.3 Å². The third-order valence-corrected chi connectivity index (χ3v) is 4.57. The standard InChI is InChI=1S/C20H21FN4O3S/c1-3-28-10-6-9-23-19(27)15(12-22)11-16-13-29-20(24-16)25(14(2)26)18-8-5-4-7-17(18)21/h4-5,7-8,11,13H,3,6,9-10H2,1-2H3,(H,23,27)/b15-11+. The van der Waals surface area contributed by atoms with Gasteiger partial charge in [-0.1, -0.05) is 12.1 Å². The summed E-state index contributed by atoms with van der Waals surface area (Å²) in [6, 6.07) is 7.72. The van der Waals surface area contributed by atoms with Gasteiger partial charge in [0, 0.05) is 32.1 Å². The monoisotopic (exact) mass is 416 g/mol. The van der Waals surface area contributed by atoms with Crippen molar-refractivity contribution in [3.8, 4) is 6.07 Å². The van der Waals surface area contributed by atoms with Crippen molar-refractivity contribution in [3.05, 3.63) is 46.7 Å². The van der Waals surface area contributed by atoms with E-state index in [0.29, 0.717) is 31.9 Å². The predicted octanol–water partition coefficient (Wildman–Crippen LogP) is 3.42. The molecule has 9 heteroatoms. The number of hydrogen-bond acceptors (Lipinski definition) is 6. The molecule has 152 valence electrons. The van der Waals surface area contributed by atoms with Gasteiger partial charge in [0.05, 0.1) is 11.4 Å². The second kappa shape index (κ2) is 11.0. The maximum Gasteiger partial charge on any atom is 0.262 e. The summed E-state index contributed by atoms with van der Waals surface area (Å²) in [5.41, 5.74) is 0.296. The highest BCUT2D eigenvalue weighted by Gasteiger charge is 2.21. The summed E-state index contributed by atoms with van der Waals surface area (Å²) in [5.74, 6) is -1.48. The summed E-state index contributed by atoms with van der Waals surface area (Å²) < 4.78 is 19.3. The van der Waals surface area contributed by atoms with Gasteiger partial charge in [-0.25, -0.2) is 9.37 Å². The summed E-state index contributed by atoms with van der Waals surface area (Å²) >= 11 is 1.11. The van der Waals surface area contributed by atoms with Crippen LogP contribution >= 0.6 is 11.3 Å². The zero-order chi connectivity index (χ0) is 21.2. The lowest BCUT2D eigenvalue weighted by atomic mass is 10.2. The molecule has 0 aliphatic heterocycles. The van der Waals surface area contributed by atoms with Crippen LogP contribution in [0.2, 0.25) is 0 Å². The number of carbonyl (C=O) groups excluding carboxylic acids is 2. The number of halogens is 1. The first-order chi connectivity index (χ1) is 14.0. The number of carbonyl (C=O) groups is 2. The number of nitrogens with zero attached hydrogens (tertiary/aromatic N) is 3. The summed E-state index contributed by atoms with van der Waals surface area (Å²) in [5, 5.41) is 13.7. The minimum absolute atomic E-state index is 0.0810. The first-order valence-corrected chi connectivity index (χ1v) is 9.84. The Morgan fingerprint density at radius 2 is 2.17 bits per heavy atom. The van der Waals surface area contributed by atoms with Crippen LogP contribution in [-0.4, -0.2) is 36.6 Å². The van der Waals surface area contributed by atoms with E-state index in [1.165, 1.54) is 31.2 Å². The fourth-order valence-corrected chi connectivity index (χ4v) is 3.24. The van der Waals surface area contributed by atoms with E-state index in [1.54, 1.807) is 11.4 Å². The highest BCUT2D eigenvalue weighted by molar-refractivity contribution is 7.14. The highest BCUT2D eigenvalue weighted by Crippen LogP contribution is 2.31. The van der Waals surface area contributed by atoms with Crippen molar-refractivity contribution in [1.29, 1.82) is 5.26 Å². The topological polar surface area (TPSA) is 95.3 Å². The molecule has 0 atom stereocenters. The van der Waals surface area contributed by atoms with Crippen molar-refractivity contribution < 1.29 is 18.7 Å². The average Bonchev–Trinajstić information content (AvgIpc) is 3.15. The Balaban J connectivity index is 2.16. The number of anilines is 2.